The number of benzene rings is 1. The Hall–Kier alpha value is -4.75. The van der Waals surface area contributed by atoms with E-state index in [1.54, 1.807) is 15.5 Å². The number of carbonyl (C=O) groups excluding carboxylic acids is 2. The number of pyridine rings is 2. The lowest BCUT2D eigenvalue weighted by molar-refractivity contribution is -0.119. The zero-order chi connectivity index (χ0) is 29.0. The number of cyclic esters (lactones) is 1. The van der Waals surface area contributed by atoms with Crippen LogP contribution in [0, 0.1) is 11.6 Å². The fourth-order valence-electron chi connectivity index (χ4n) is 5.09. The van der Waals surface area contributed by atoms with Gasteiger partial charge in [-0.15, -0.1) is 0 Å². The Kier molecular flexibility index (Phi) is 6.47. The van der Waals surface area contributed by atoms with E-state index < -0.39 is 40.8 Å². The van der Waals surface area contributed by atoms with Gasteiger partial charge in [-0.3, -0.25) is 14.5 Å². The van der Waals surface area contributed by atoms with Gasteiger partial charge in [-0.2, -0.15) is 0 Å². The maximum absolute atomic E-state index is 15.1. The zero-order valence-electron chi connectivity index (χ0n) is 21.9. The second-order valence-corrected chi connectivity index (χ2v) is 10.4. The number of carboxylic acid groups (broad SMARTS) is 1. The molecule has 3 aliphatic rings. The average molecular weight is 569 g/mol. The molecule has 0 unspecified atom stereocenters. The quantitative estimate of drug-likeness (QED) is 0.373. The van der Waals surface area contributed by atoms with Gasteiger partial charge >= 0.3 is 12.1 Å². The first-order valence-electron chi connectivity index (χ1n) is 13.1. The Morgan fingerprint density at radius 2 is 1.88 bits per heavy atom. The van der Waals surface area contributed by atoms with Gasteiger partial charge in [-0.05, 0) is 37.1 Å². The van der Waals surface area contributed by atoms with E-state index in [1.807, 2.05) is 0 Å². The van der Waals surface area contributed by atoms with Crippen LogP contribution in [0.3, 0.4) is 0 Å². The second kappa shape index (κ2) is 10.0. The summed E-state index contributed by atoms with van der Waals surface area (Å²) >= 11 is 0. The van der Waals surface area contributed by atoms with E-state index in [2.05, 4.69) is 15.6 Å². The highest BCUT2D eigenvalue weighted by atomic mass is 19.1. The highest BCUT2D eigenvalue weighted by Crippen LogP contribution is 2.37. The maximum Gasteiger partial charge on any atom is 0.414 e. The number of fused-ring (bicyclic) bond motifs is 1. The smallest absolute Gasteiger partial charge is 0.414 e. The van der Waals surface area contributed by atoms with Gasteiger partial charge in [0, 0.05) is 32.3 Å². The number of ether oxygens (including phenoxy) is 1. The molecule has 12 nitrogen and oxygen atoms in total. The Morgan fingerprint density at radius 1 is 1.12 bits per heavy atom. The predicted octanol–water partition coefficient (Wildman–Crippen LogP) is 2.47. The second-order valence-electron chi connectivity index (χ2n) is 10.4. The van der Waals surface area contributed by atoms with Gasteiger partial charge in [-0.1, -0.05) is 0 Å². The Morgan fingerprint density at radius 3 is 2.54 bits per heavy atom. The van der Waals surface area contributed by atoms with E-state index in [9.17, 15) is 28.7 Å². The monoisotopic (exact) mass is 568 g/mol. The summed E-state index contributed by atoms with van der Waals surface area (Å²) < 4.78 is 36.9. The van der Waals surface area contributed by atoms with Crippen LogP contribution >= 0.6 is 0 Å². The fourth-order valence-corrected chi connectivity index (χ4v) is 5.09. The van der Waals surface area contributed by atoms with Gasteiger partial charge in [0.25, 0.3) is 0 Å². The number of amides is 2. The first-order chi connectivity index (χ1) is 19.6. The molecule has 3 aromatic rings. The summed E-state index contributed by atoms with van der Waals surface area (Å²) in [5.41, 5.74) is -0.456. The minimum atomic E-state index is -1.38. The summed E-state index contributed by atoms with van der Waals surface area (Å²) in [6.07, 6.45) is 1.71. The molecule has 4 heterocycles. The minimum absolute atomic E-state index is 0.00396. The number of carbonyl (C=O) groups is 3. The van der Waals surface area contributed by atoms with Crippen LogP contribution in [0.1, 0.15) is 36.2 Å². The van der Waals surface area contributed by atoms with E-state index in [1.165, 1.54) is 30.2 Å². The number of aromatic nitrogens is 2. The topological polar surface area (TPSA) is 146 Å². The molecule has 2 saturated heterocycles. The molecular weight excluding hydrogens is 542 g/mol. The van der Waals surface area contributed by atoms with Crippen molar-refractivity contribution < 1.29 is 33.0 Å². The molecule has 2 aromatic heterocycles. The number of nitrogens with one attached hydrogen (secondary N) is 2. The van der Waals surface area contributed by atoms with Crippen molar-refractivity contribution in [3.05, 3.63) is 57.9 Å². The van der Waals surface area contributed by atoms with Crippen LogP contribution in [0.25, 0.3) is 11.0 Å². The van der Waals surface area contributed by atoms with Crippen molar-refractivity contribution in [1.29, 1.82) is 0 Å². The van der Waals surface area contributed by atoms with Gasteiger partial charge in [0.2, 0.25) is 11.3 Å². The molecule has 1 aliphatic carbocycles. The van der Waals surface area contributed by atoms with Gasteiger partial charge in [-0.25, -0.2) is 23.4 Å². The van der Waals surface area contributed by atoms with Crippen molar-refractivity contribution in [2.75, 3.05) is 41.3 Å². The largest absolute Gasteiger partial charge is 0.477 e. The standard InChI is InChI=1S/C27H26F2N6O6/c1-13(36)30-8-17-11-35(27(40)41-17)16-4-5-22(20(28)6-16)31-14-9-33(10-14)25-21(29)7-18-23(37)19(26(38)39)12-34(15-2-3-15)24(18)32-25/h4-7,12,14-15,17,31H,2-3,8-11H2,1H3,(H,30,36)(H,38,39)/t17-/m1/s1. The van der Waals surface area contributed by atoms with Crippen molar-refractivity contribution in [2.45, 2.75) is 38.0 Å². The van der Waals surface area contributed by atoms with Crippen LogP contribution in [0.4, 0.5) is 30.8 Å². The summed E-state index contributed by atoms with van der Waals surface area (Å²) in [6, 6.07) is 5.11. The highest BCUT2D eigenvalue weighted by molar-refractivity contribution is 5.92. The predicted molar refractivity (Wildman–Crippen MR) is 144 cm³/mol. The number of aromatic carboxylic acids is 1. The van der Waals surface area contributed by atoms with Crippen LogP contribution in [0.15, 0.2) is 35.3 Å². The van der Waals surface area contributed by atoms with Crippen molar-refractivity contribution in [2.24, 2.45) is 0 Å². The van der Waals surface area contributed by atoms with Gasteiger partial charge in [0.1, 0.15) is 23.1 Å². The van der Waals surface area contributed by atoms with Crippen molar-refractivity contribution in [1.82, 2.24) is 14.9 Å². The average Bonchev–Trinajstić information content (AvgIpc) is 3.67. The molecule has 1 aromatic carbocycles. The lowest BCUT2D eigenvalue weighted by Crippen LogP contribution is -2.55. The molecule has 41 heavy (non-hydrogen) atoms. The first-order valence-corrected chi connectivity index (χ1v) is 13.1. The minimum Gasteiger partial charge on any atom is -0.477 e. The molecule has 14 heteroatoms. The normalized spacial score (nSPS) is 18.8. The molecule has 2 amide bonds. The van der Waals surface area contributed by atoms with E-state index in [0.29, 0.717) is 18.8 Å². The Balaban J connectivity index is 1.14. The summed E-state index contributed by atoms with van der Waals surface area (Å²) in [5, 5.41) is 15.0. The molecule has 214 valence electrons. The molecular formula is C27H26F2N6O6. The Labute approximate surface area is 231 Å². The van der Waals surface area contributed by atoms with Crippen molar-refractivity contribution in [3.63, 3.8) is 0 Å². The third-order valence-electron chi connectivity index (χ3n) is 7.37. The van der Waals surface area contributed by atoms with E-state index in [0.717, 1.165) is 18.9 Å². The number of carboxylic acids is 1. The van der Waals surface area contributed by atoms with E-state index >= 15 is 4.39 Å². The van der Waals surface area contributed by atoms with Gasteiger partial charge in [0.05, 0.1) is 35.9 Å². The molecule has 3 fully saturated rings. The number of nitrogens with zero attached hydrogens (tertiary/aromatic N) is 4. The number of halogens is 2. The molecule has 6 rings (SSSR count). The maximum atomic E-state index is 15.1. The number of hydrogen-bond donors (Lipinski definition) is 3. The third kappa shape index (κ3) is 5.00. The van der Waals surface area contributed by atoms with Crippen molar-refractivity contribution in [3.8, 4) is 0 Å². The lowest BCUT2D eigenvalue weighted by atomic mass is 10.1. The van der Waals surface area contributed by atoms with Crippen LogP contribution < -0.4 is 25.9 Å². The molecule has 0 radical (unpaired) electrons. The number of hydrogen-bond acceptors (Lipinski definition) is 8. The van der Waals surface area contributed by atoms with Crippen LogP contribution in [-0.4, -0.2) is 71.0 Å². The lowest BCUT2D eigenvalue weighted by Gasteiger charge is -2.41. The first kappa shape index (κ1) is 26.5. The molecule has 0 bridgehead atoms. The number of rotatable bonds is 8. The van der Waals surface area contributed by atoms with E-state index in [-0.39, 0.29) is 53.6 Å². The summed E-state index contributed by atoms with van der Waals surface area (Å²) in [5.74, 6) is -2.93. The third-order valence-corrected chi connectivity index (χ3v) is 7.37. The van der Waals surface area contributed by atoms with Gasteiger partial charge in [0.15, 0.2) is 11.6 Å². The summed E-state index contributed by atoms with van der Waals surface area (Å²) in [7, 11) is 0. The van der Waals surface area contributed by atoms with Gasteiger partial charge < -0.3 is 29.9 Å². The number of anilines is 3. The molecule has 3 N–H and O–H groups in total. The molecule has 1 saturated carbocycles. The molecule has 1 atom stereocenters. The fraction of sp³-hybridized carbons (Fsp3) is 0.370. The SMILES string of the molecule is CC(=O)NC[C@@H]1CN(c2ccc(NC3CN(c4nc5c(cc4F)c(=O)c(C(=O)O)cn5C4CC4)C3)c(F)c2)C(=O)O1. The van der Waals surface area contributed by atoms with Crippen LogP contribution in [-0.2, 0) is 9.53 Å². The highest BCUT2D eigenvalue weighted by Gasteiger charge is 2.35. The van der Waals surface area contributed by atoms with Crippen LogP contribution in [0.2, 0.25) is 0 Å². The van der Waals surface area contributed by atoms with Crippen LogP contribution in [0.5, 0.6) is 0 Å². The zero-order valence-corrected chi connectivity index (χ0v) is 21.9. The molecule has 2 aliphatic heterocycles. The van der Waals surface area contributed by atoms with Crippen molar-refractivity contribution >= 4 is 46.2 Å². The summed E-state index contributed by atoms with van der Waals surface area (Å²) in [6.45, 7) is 2.30. The van der Waals surface area contributed by atoms with E-state index in [4.69, 9.17) is 4.74 Å². The Bertz CT molecular complexity index is 1650. The molecule has 0 spiro atoms. The summed E-state index contributed by atoms with van der Waals surface area (Å²) in [4.78, 5) is 54.9.